The van der Waals surface area contributed by atoms with E-state index in [0.29, 0.717) is 12.8 Å². The molecule has 2 fully saturated rings. The molecular formula is C18H18ClF3N2O3. The summed E-state index contributed by atoms with van der Waals surface area (Å²) in [6.45, 7) is 1.39. The first-order chi connectivity index (χ1) is 12.6. The third kappa shape index (κ3) is 3.67. The van der Waals surface area contributed by atoms with E-state index in [2.05, 4.69) is 5.32 Å². The second kappa shape index (κ2) is 7.14. The van der Waals surface area contributed by atoms with Gasteiger partial charge >= 0.3 is 6.18 Å². The van der Waals surface area contributed by atoms with Gasteiger partial charge in [-0.25, -0.2) is 0 Å². The molecule has 9 heteroatoms. The van der Waals surface area contributed by atoms with Gasteiger partial charge in [-0.3, -0.25) is 19.3 Å². The highest BCUT2D eigenvalue weighted by Gasteiger charge is 2.50. The van der Waals surface area contributed by atoms with Crippen LogP contribution in [0.3, 0.4) is 0 Å². The number of alkyl halides is 3. The Kier molecular flexibility index (Phi) is 5.20. The maximum Gasteiger partial charge on any atom is 0.417 e. The van der Waals surface area contributed by atoms with Crippen LogP contribution in [0.25, 0.3) is 0 Å². The molecule has 146 valence electrons. The molecule has 1 N–H and O–H groups in total. The molecule has 1 heterocycles. The van der Waals surface area contributed by atoms with Crippen LogP contribution in [0, 0.1) is 11.8 Å². The van der Waals surface area contributed by atoms with Gasteiger partial charge in [0, 0.05) is 5.69 Å². The zero-order valence-corrected chi connectivity index (χ0v) is 15.2. The van der Waals surface area contributed by atoms with Gasteiger partial charge in [-0.1, -0.05) is 24.4 Å². The molecule has 1 aromatic rings. The van der Waals surface area contributed by atoms with Crippen molar-refractivity contribution in [3.8, 4) is 0 Å². The van der Waals surface area contributed by atoms with Gasteiger partial charge in [-0.05, 0) is 38.0 Å². The van der Waals surface area contributed by atoms with E-state index in [1.165, 1.54) is 13.0 Å². The van der Waals surface area contributed by atoms with Crippen molar-refractivity contribution >= 4 is 35.0 Å². The normalized spacial score (nSPS) is 24.0. The largest absolute Gasteiger partial charge is 0.417 e. The van der Waals surface area contributed by atoms with Gasteiger partial charge in [0.2, 0.25) is 17.7 Å². The van der Waals surface area contributed by atoms with Crippen LogP contribution in [0.4, 0.5) is 18.9 Å². The van der Waals surface area contributed by atoms with E-state index in [0.717, 1.165) is 29.9 Å². The number of hydrogen-bond acceptors (Lipinski definition) is 3. The van der Waals surface area contributed by atoms with Gasteiger partial charge < -0.3 is 5.32 Å². The number of fused-ring (bicyclic) bond motifs is 1. The molecule has 0 aromatic heterocycles. The van der Waals surface area contributed by atoms with Gasteiger partial charge in [0.05, 0.1) is 22.4 Å². The van der Waals surface area contributed by atoms with Crippen LogP contribution in [-0.4, -0.2) is 28.7 Å². The number of anilines is 1. The number of rotatable bonds is 3. The molecule has 1 aliphatic carbocycles. The number of imide groups is 1. The van der Waals surface area contributed by atoms with E-state index in [-0.39, 0.29) is 17.5 Å². The van der Waals surface area contributed by atoms with Crippen molar-refractivity contribution in [2.75, 3.05) is 5.32 Å². The molecule has 2 aliphatic rings. The molecule has 5 nitrogen and oxygen atoms in total. The van der Waals surface area contributed by atoms with Crippen LogP contribution in [0.1, 0.15) is 38.2 Å². The summed E-state index contributed by atoms with van der Waals surface area (Å²) in [5, 5.41) is 1.85. The van der Waals surface area contributed by atoms with E-state index in [1.807, 2.05) is 0 Å². The fourth-order valence-electron chi connectivity index (χ4n) is 3.75. The lowest BCUT2D eigenvalue weighted by molar-refractivity contribution is -0.146. The molecule has 0 radical (unpaired) electrons. The molecule has 27 heavy (non-hydrogen) atoms. The maximum absolute atomic E-state index is 12.9. The highest BCUT2D eigenvalue weighted by molar-refractivity contribution is 6.31. The zero-order chi connectivity index (χ0) is 19.9. The third-order valence-electron chi connectivity index (χ3n) is 5.18. The Hall–Kier alpha value is -2.09. The summed E-state index contributed by atoms with van der Waals surface area (Å²) >= 11 is 5.56. The zero-order valence-electron chi connectivity index (χ0n) is 14.5. The number of nitrogens with one attached hydrogen (secondary N) is 1. The van der Waals surface area contributed by atoms with E-state index in [4.69, 9.17) is 11.6 Å². The Morgan fingerprint density at radius 3 is 2.26 bits per heavy atom. The van der Waals surface area contributed by atoms with Crippen LogP contribution < -0.4 is 5.32 Å². The van der Waals surface area contributed by atoms with E-state index >= 15 is 0 Å². The summed E-state index contributed by atoms with van der Waals surface area (Å²) < 4.78 is 38.8. The van der Waals surface area contributed by atoms with Crippen molar-refractivity contribution < 1.29 is 27.6 Å². The fourth-order valence-corrected chi connectivity index (χ4v) is 3.98. The molecule has 1 saturated heterocycles. The highest BCUT2D eigenvalue weighted by atomic mass is 35.5. The number of nitrogens with zero attached hydrogens (tertiary/aromatic N) is 1. The minimum atomic E-state index is -4.67. The van der Waals surface area contributed by atoms with Crippen LogP contribution >= 0.6 is 11.6 Å². The SMILES string of the molecule is CC(C(=O)Nc1ccc(Cl)c(C(F)(F)F)c1)N1C(=O)C2CCCCC2C1=O. The van der Waals surface area contributed by atoms with Gasteiger partial charge in [0.15, 0.2) is 0 Å². The Morgan fingerprint density at radius 1 is 1.19 bits per heavy atom. The quantitative estimate of drug-likeness (QED) is 0.781. The topological polar surface area (TPSA) is 66.5 Å². The lowest BCUT2D eigenvalue weighted by atomic mass is 9.81. The van der Waals surface area contributed by atoms with Gasteiger partial charge in [-0.2, -0.15) is 13.2 Å². The summed E-state index contributed by atoms with van der Waals surface area (Å²) in [5.41, 5.74) is -1.19. The predicted octanol–water partition coefficient (Wildman–Crippen LogP) is 3.86. The molecule has 1 aromatic carbocycles. The van der Waals surface area contributed by atoms with Crippen LogP contribution in [0.5, 0.6) is 0 Å². The number of halogens is 4. The van der Waals surface area contributed by atoms with Crippen molar-refractivity contribution in [2.24, 2.45) is 11.8 Å². The van der Waals surface area contributed by atoms with Crippen molar-refractivity contribution in [2.45, 2.75) is 44.8 Å². The lowest BCUT2D eigenvalue weighted by Gasteiger charge is -2.22. The molecule has 1 aliphatic heterocycles. The summed E-state index contributed by atoms with van der Waals surface area (Å²) in [6.07, 6.45) is -1.71. The molecule has 3 amide bonds. The average molecular weight is 403 g/mol. The Labute approximate surface area is 158 Å². The molecule has 3 atom stereocenters. The summed E-state index contributed by atoms with van der Waals surface area (Å²) in [6, 6.07) is 1.88. The minimum absolute atomic E-state index is 0.111. The van der Waals surface area contributed by atoms with E-state index < -0.39 is 40.5 Å². The number of carbonyl (C=O) groups is 3. The average Bonchev–Trinajstić information content (AvgIpc) is 2.86. The first-order valence-electron chi connectivity index (χ1n) is 8.65. The number of carbonyl (C=O) groups excluding carboxylic acids is 3. The number of benzene rings is 1. The monoisotopic (exact) mass is 402 g/mol. The van der Waals surface area contributed by atoms with Crippen LogP contribution in [-0.2, 0) is 20.6 Å². The molecular weight excluding hydrogens is 385 g/mol. The summed E-state index contributed by atoms with van der Waals surface area (Å²) in [7, 11) is 0. The van der Waals surface area contributed by atoms with E-state index in [1.54, 1.807) is 0 Å². The van der Waals surface area contributed by atoms with Crippen molar-refractivity contribution in [1.82, 2.24) is 4.90 Å². The maximum atomic E-state index is 12.9. The summed E-state index contributed by atoms with van der Waals surface area (Å²) in [5.74, 6) is -2.27. The second-order valence-electron chi connectivity index (χ2n) is 6.90. The van der Waals surface area contributed by atoms with E-state index in [9.17, 15) is 27.6 Å². The second-order valence-corrected chi connectivity index (χ2v) is 7.31. The first kappa shape index (κ1) is 19.7. The molecule has 0 bridgehead atoms. The molecule has 0 spiro atoms. The van der Waals surface area contributed by atoms with Gasteiger partial charge in [0.1, 0.15) is 6.04 Å². The van der Waals surface area contributed by atoms with Gasteiger partial charge in [-0.15, -0.1) is 0 Å². The summed E-state index contributed by atoms with van der Waals surface area (Å²) in [4.78, 5) is 38.5. The van der Waals surface area contributed by atoms with Crippen molar-refractivity contribution in [3.05, 3.63) is 28.8 Å². The van der Waals surface area contributed by atoms with Crippen LogP contribution in [0.2, 0.25) is 5.02 Å². The first-order valence-corrected chi connectivity index (χ1v) is 9.03. The fraction of sp³-hybridized carbons (Fsp3) is 0.500. The Balaban J connectivity index is 1.77. The lowest BCUT2D eigenvalue weighted by Crippen LogP contribution is -2.46. The van der Waals surface area contributed by atoms with Crippen molar-refractivity contribution in [1.29, 1.82) is 0 Å². The minimum Gasteiger partial charge on any atom is -0.324 e. The van der Waals surface area contributed by atoms with Gasteiger partial charge in [0.25, 0.3) is 0 Å². The van der Waals surface area contributed by atoms with Crippen molar-refractivity contribution in [3.63, 3.8) is 0 Å². The molecule has 1 saturated carbocycles. The molecule has 3 unspecified atom stereocenters. The number of likely N-dealkylation sites (tertiary alicyclic amines) is 1. The smallest absolute Gasteiger partial charge is 0.324 e. The predicted molar refractivity (Wildman–Crippen MR) is 91.8 cm³/mol. The third-order valence-corrected chi connectivity index (χ3v) is 5.51. The Bertz CT molecular complexity index is 773. The standard InChI is InChI=1S/C18H18ClF3N2O3/c1-9(24-16(26)11-4-2-3-5-12(11)17(24)27)15(25)23-10-6-7-14(19)13(8-10)18(20,21)22/h6-9,11-12H,2-5H2,1H3,(H,23,25). The number of hydrogen-bond donors (Lipinski definition) is 1. The Morgan fingerprint density at radius 2 is 1.74 bits per heavy atom. The molecule has 3 rings (SSSR count). The highest BCUT2D eigenvalue weighted by Crippen LogP contribution is 2.39. The number of amides is 3. The van der Waals surface area contributed by atoms with Crippen LogP contribution in [0.15, 0.2) is 18.2 Å².